The van der Waals surface area contributed by atoms with Gasteiger partial charge in [0.2, 0.25) is 0 Å². The van der Waals surface area contributed by atoms with Gasteiger partial charge in [0.1, 0.15) is 11.5 Å². The second kappa shape index (κ2) is 5.65. The Hall–Kier alpha value is -1.86. The molecule has 0 aliphatic heterocycles. The van der Waals surface area contributed by atoms with Gasteiger partial charge in [-0.25, -0.2) is 4.98 Å². The van der Waals surface area contributed by atoms with Crippen LogP contribution in [0.25, 0.3) is 0 Å². The van der Waals surface area contributed by atoms with Gasteiger partial charge in [0.05, 0.1) is 24.4 Å². The van der Waals surface area contributed by atoms with E-state index in [-0.39, 0.29) is 36.3 Å². The zero-order valence-corrected chi connectivity index (χ0v) is 10.2. The van der Waals surface area contributed by atoms with Crippen molar-refractivity contribution >= 4 is 17.5 Å². The third-order valence-electron chi connectivity index (χ3n) is 2.36. The molecule has 0 saturated heterocycles. The van der Waals surface area contributed by atoms with Gasteiger partial charge >= 0.3 is 0 Å². The molecule has 2 rings (SSSR count). The molecule has 2 heterocycles. The van der Waals surface area contributed by atoms with Crippen molar-refractivity contribution in [1.29, 1.82) is 0 Å². The first-order chi connectivity index (χ1) is 8.72. The molecule has 0 atom stereocenters. The summed E-state index contributed by atoms with van der Waals surface area (Å²) >= 11 is 5.83. The monoisotopic (exact) mass is 269 g/mol. The van der Waals surface area contributed by atoms with E-state index in [9.17, 15) is 4.79 Å². The number of aromatic amines is 2. The van der Waals surface area contributed by atoms with Crippen molar-refractivity contribution in [2.75, 3.05) is 13.2 Å². The molecule has 0 bridgehead atoms. The number of carbonyl (C=O) groups is 1. The third kappa shape index (κ3) is 2.69. The van der Waals surface area contributed by atoms with E-state index in [0.717, 1.165) is 0 Å². The third-order valence-corrected chi connectivity index (χ3v) is 2.65. The van der Waals surface area contributed by atoms with E-state index in [0.29, 0.717) is 5.82 Å². The van der Waals surface area contributed by atoms with Crippen LogP contribution in [0.1, 0.15) is 16.3 Å². The molecule has 3 N–H and O–H groups in total. The van der Waals surface area contributed by atoms with Gasteiger partial charge in [0.25, 0.3) is 5.91 Å². The number of aliphatic hydroxyl groups is 1. The van der Waals surface area contributed by atoms with Crippen LogP contribution in [0.3, 0.4) is 0 Å². The van der Waals surface area contributed by atoms with Crippen LogP contribution in [-0.2, 0) is 6.54 Å². The number of halogens is 1. The maximum Gasteiger partial charge on any atom is 0.273 e. The molecule has 7 nitrogen and oxygen atoms in total. The van der Waals surface area contributed by atoms with Crippen molar-refractivity contribution in [1.82, 2.24) is 25.1 Å². The molecule has 2 aromatic heterocycles. The highest BCUT2D eigenvalue weighted by atomic mass is 35.5. The smallest absolute Gasteiger partial charge is 0.273 e. The summed E-state index contributed by atoms with van der Waals surface area (Å²) in [6.07, 6.45) is 4.62. The van der Waals surface area contributed by atoms with Gasteiger partial charge in [-0.1, -0.05) is 11.6 Å². The van der Waals surface area contributed by atoms with Crippen molar-refractivity contribution < 1.29 is 9.90 Å². The minimum Gasteiger partial charge on any atom is -0.395 e. The van der Waals surface area contributed by atoms with Crippen LogP contribution in [0, 0.1) is 0 Å². The summed E-state index contributed by atoms with van der Waals surface area (Å²) in [7, 11) is 0. The topological polar surface area (TPSA) is 97.9 Å². The fourth-order valence-electron chi connectivity index (χ4n) is 1.52. The Morgan fingerprint density at radius 1 is 1.56 bits per heavy atom. The lowest BCUT2D eigenvalue weighted by atomic mass is 10.3. The number of imidazole rings is 1. The Morgan fingerprint density at radius 3 is 2.94 bits per heavy atom. The van der Waals surface area contributed by atoms with Gasteiger partial charge in [-0.3, -0.25) is 9.89 Å². The molecule has 0 spiro atoms. The number of aliphatic hydroxyl groups excluding tert-OH is 1. The summed E-state index contributed by atoms with van der Waals surface area (Å²) in [5.74, 6) is 0.301. The molecule has 2 aromatic rings. The van der Waals surface area contributed by atoms with Crippen LogP contribution in [0.15, 0.2) is 18.6 Å². The molecule has 0 aliphatic rings. The summed E-state index contributed by atoms with van der Waals surface area (Å²) in [5, 5.41) is 15.5. The quantitative estimate of drug-likeness (QED) is 0.733. The molecular weight excluding hydrogens is 258 g/mol. The molecule has 0 aliphatic carbocycles. The Kier molecular flexibility index (Phi) is 3.96. The number of carbonyl (C=O) groups excluding carboxylic acids is 1. The van der Waals surface area contributed by atoms with Crippen molar-refractivity contribution in [2.24, 2.45) is 0 Å². The molecule has 0 aromatic carbocycles. The van der Waals surface area contributed by atoms with Gasteiger partial charge in [-0.15, -0.1) is 0 Å². The van der Waals surface area contributed by atoms with E-state index in [1.807, 2.05) is 0 Å². The van der Waals surface area contributed by atoms with Gasteiger partial charge in [0.15, 0.2) is 0 Å². The molecule has 0 unspecified atom stereocenters. The maximum atomic E-state index is 12.2. The number of amides is 1. The van der Waals surface area contributed by atoms with Crippen molar-refractivity contribution in [3.8, 4) is 0 Å². The molecule has 0 saturated carbocycles. The minimum absolute atomic E-state index is 0.141. The fourth-order valence-corrected chi connectivity index (χ4v) is 1.69. The first-order valence-electron chi connectivity index (χ1n) is 5.29. The van der Waals surface area contributed by atoms with Crippen LogP contribution in [0.4, 0.5) is 0 Å². The lowest BCUT2D eigenvalue weighted by Crippen LogP contribution is -2.33. The molecule has 8 heteroatoms. The largest absolute Gasteiger partial charge is 0.395 e. The molecular formula is C10H12ClN5O2. The Morgan fingerprint density at radius 2 is 2.39 bits per heavy atom. The van der Waals surface area contributed by atoms with E-state index in [4.69, 9.17) is 16.7 Å². The summed E-state index contributed by atoms with van der Waals surface area (Å²) < 4.78 is 0. The summed E-state index contributed by atoms with van der Waals surface area (Å²) in [5.41, 5.74) is 0.205. The summed E-state index contributed by atoms with van der Waals surface area (Å²) in [4.78, 5) is 20.5. The average Bonchev–Trinajstić information content (AvgIpc) is 2.99. The predicted octanol–water partition coefficient (Wildman–Crippen LogP) is 0.421. The Bertz CT molecular complexity index is 510. The first-order valence-corrected chi connectivity index (χ1v) is 5.67. The van der Waals surface area contributed by atoms with Crippen LogP contribution in [-0.4, -0.2) is 49.2 Å². The van der Waals surface area contributed by atoms with Crippen LogP contribution >= 0.6 is 11.6 Å². The standard InChI is InChI=1S/C10H12ClN5O2/c11-7-5-14-15-9(7)10(18)16(3-4-17)6-8-12-1-2-13-8/h1-2,5,17H,3-4,6H2,(H,12,13)(H,14,15). The van der Waals surface area contributed by atoms with E-state index in [1.54, 1.807) is 12.4 Å². The molecule has 18 heavy (non-hydrogen) atoms. The maximum absolute atomic E-state index is 12.2. The first kappa shape index (κ1) is 12.6. The van der Waals surface area contributed by atoms with E-state index < -0.39 is 0 Å². The lowest BCUT2D eigenvalue weighted by Gasteiger charge is -2.19. The normalized spacial score (nSPS) is 10.6. The molecule has 0 radical (unpaired) electrons. The zero-order valence-electron chi connectivity index (χ0n) is 9.43. The zero-order chi connectivity index (χ0) is 13.0. The minimum atomic E-state index is -0.331. The number of nitrogens with one attached hydrogen (secondary N) is 2. The van der Waals surface area contributed by atoms with Crippen LogP contribution < -0.4 is 0 Å². The number of nitrogens with zero attached hydrogens (tertiary/aromatic N) is 3. The molecule has 1 amide bonds. The Labute approximate surface area is 108 Å². The van der Waals surface area contributed by atoms with Crippen molar-refractivity contribution in [3.05, 3.63) is 35.1 Å². The molecule has 96 valence electrons. The van der Waals surface area contributed by atoms with E-state index in [1.165, 1.54) is 11.1 Å². The SMILES string of the molecule is O=C(c1[nH]ncc1Cl)N(CCO)Cc1ncc[nH]1. The summed E-state index contributed by atoms with van der Waals surface area (Å²) in [6, 6.07) is 0. The fraction of sp³-hybridized carbons (Fsp3) is 0.300. The number of hydrogen-bond acceptors (Lipinski definition) is 4. The van der Waals surface area contributed by atoms with Gasteiger partial charge in [-0.05, 0) is 0 Å². The number of rotatable bonds is 5. The number of H-pyrrole nitrogens is 2. The van der Waals surface area contributed by atoms with Crippen LogP contribution in [0.5, 0.6) is 0 Å². The number of aromatic nitrogens is 4. The van der Waals surface area contributed by atoms with Crippen LogP contribution in [0.2, 0.25) is 5.02 Å². The number of hydrogen-bond donors (Lipinski definition) is 3. The second-order valence-corrected chi connectivity index (χ2v) is 3.99. The highest BCUT2D eigenvalue weighted by Crippen LogP contribution is 2.14. The van der Waals surface area contributed by atoms with Gasteiger partial charge in [-0.2, -0.15) is 5.10 Å². The highest BCUT2D eigenvalue weighted by molar-refractivity contribution is 6.33. The Balaban J connectivity index is 2.15. The van der Waals surface area contributed by atoms with E-state index >= 15 is 0 Å². The summed E-state index contributed by atoms with van der Waals surface area (Å²) in [6.45, 7) is 0.314. The van der Waals surface area contributed by atoms with Crippen molar-refractivity contribution in [3.63, 3.8) is 0 Å². The van der Waals surface area contributed by atoms with Gasteiger partial charge in [0, 0.05) is 18.9 Å². The van der Waals surface area contributed by atoms with E-state index in [2.05, 4.69) is 20.2 Å². The molecule has 0 fully saturated rings. The highest BCUT2D eigenvalue weighted by Gasteiger charge is 2.20. The van der Waals surface area contributed by atoms with Gasteiger partial charge < -0.3 is 15.0 Å². The van der Waals surface area contributed by atoms with Crippen molar-refractivity contribution in [2.45, 2.75) is 6.54 Å². The lowest BCUT2D eigenvalue weighted by molar-refractivity contribution is 0.0697. The predicted molar refractivity (Wildman–Crippen MR) is 64.0 cm³/mol. The average molecular weight is 270 g/mol. The second-order valence-electron chi connectivity index (χ2n) is 3.58.